The van der Waals surface area contributed by atoms with Gasteiger partial charge in [0.25, 0.3) is 0 Å². The number of nitrogens with one attached hydrogen (secondary N) is 1. The summed E-state index contributed by atoms with van der Waals surface area (Å²) in [7, 11) is 1.90. The first-order chi connectivity index (χ1) is 12.3. The van der Waals surface area contributed by atoms with Crippen molar-refractivity contribution in [3.05, 3.63) is 52.0 Å². The van der Waals surface area contributed by atoms with Crippen molar-refractivity contribution in [2.45, 2.75) is 32.2 Å². The molecule has 1 aliphatic heterocycles. The smallest absolute Gasteiger partial charge is 0.227 e. The summed E-state index contributed by atoms with van der Waals surface area (Å²) in [6, 6.07) is 11.0. The van der Waals surface area contributed by atoms with E-state index in [1.54, 1.807) is 18.2 Å². The van der Waals surface area contributed by atoms with E-state index in [9.17, 15) is 4.79 Å². The Balaban J connectivity index is 2.00. The number of halogens is 2. The Morgan fingerprint density at radius 3 is 2.50 bits per heavy atom. The van der Waals surface area contributed by atoms with E-state index in [2.05, 4.69) is 19.2 Å². The SMILES string of the molecule is CNC(C)(C)c1cc(N2CCCC2=O)ccc1Oc1ccc(Cl)c(Cl)c1. The Morgan fingerprint density at radius 2 is 1.88 bits per heavy atom. The highest BCUT2D eigenvalue weighted by Crippen LogP contribution is 2.38. The molecule has 138 valence electrons. The van der Waals surface area contributed by atoms with Gasteiger partial charge in [0.15, 0.2) is 0 Å². The van der Waals surface area contributed by atoms with Gasteiger partial charge in [-0.3, -0.25) is 4.79 Å². The van der Waals surface area contributed by atoms with Crippen molar-refractivity contribution in [1.29, 1.82) is 0 Å². The fourth-order valence-electron chi connectivity index (χ4n) is 2.99. The molecule has 0 unspecified atom stereocenters. The number of carbonyl (C=O) groups excluding carboxylic acids is 1. The molecule has 6 heteroatoms. The van der Waals surface area contributed by atoms with Gasteiger partial charge in [0.05, 0.1) is 10.0 Å². The van der Waals surface area contributed by atoms with Crippen molar-refractivity contribution in [1.82, 2.24) is 5.32 Å². The molecule has 1 fully saturated rings. The van der Waals surface area contributed by atoms with Gasteiger partial charge in [-0.25, -0.2) is 0 Å². The standard InChI is InChI=1S/C20H22Cl2N2O2/c1-20(2,23-3)15-11-13(24-10-4-5-19(24)25)6-9-18(15)26-14-7-8-16(21)17(22)12-14/h6-9,11-12,23H,4-5,10H2,1-3H3. The molecule has 0 aromatic heterocycles. The van der Waals surface area contributed by atoms with Crippen LogP contribution in [0.5, 0.6) is 11.5 Å². The van der Waals surface area contributed by atoms with Gasteiger partial charge >= 0.3 is 0 Å². The summed E-state index contributed by atoms with van der Waals surface area (Å²) in [6.45, 7) is 4.89. The molecule has 0 atom stereocenters. The minimum Gasteiger partial charge on any atom is -0.457 e. The number of carbonyl (C=O) groups is 1. The molecule has 1 heterocycles. The molecule has 0 radical (unpaired) electrons. The maximum absolute atomic E-state index is 12.1. The van der Waals surface area contributed by atoms with E-state index in [1.807, 2.05) is 30.1 Å². The summed E-state index contributed by atoms with van der Waals surface area (Å²) >= 11 is 12.1. The third-order valence-corrected chi connectivity index (χ3v) is 5.50. The largest absolute Gasteiger partial charge is 0.457 e. The lowest BCUT2D eigenvalue weighted by atomic mass is 9.93. The number of ether oxygens (including phenoxy) is 1. The van der Waals surface area contributed by atoms with Crippen LogP contribution >= 0.6 is 23.2 Å². The van der Waals surface area contributed by atoms with Gasteiger partial charge < -0.3 is 15.0 Å². The average molecular weight is 393 g/mol. The first-order valence-electron chi connectivity index (χ1n) is 8.58. The first kappa shape index (κ1) is 19.0. The Morgan fingerprint density at radius 1 is 1.12 bits per heavy atom. The average Bonchev–Trinajstić information content (AvgIpc) is 3.04. The normalized spacial score (nSPS) is 14.8. The molecule has 0 spiro atoms. The Labute approximate surface area is 164 Å². The van der Waals surface area contributed by atoms with Gasteiger partial charge in [-0.2, -0.15) is 0 Å². The van der Waals surface area contributed by atoms with Crippen LogP contribution in [0.4, 0.5) is 5.69 Å². The molecule has 26 heavy (non-hydrogen) atoms. The zero-order chi connectivity index (χ0) is 18.9. The van der Waals surface area contributed by atoms with Crippen LogP contribution in [0.15, 0.2) is 36.4 Å². The molecule has 2 aromatic rings. The molecular formula is C20H22Cl2N2O2. The Hall–Kier alpha value is -1.75. The molecule has 1 aliphatic rings. The van der Waals surface area contributed by atoms with Crippen molar-refractivity contribution in [3.63, 3.8) is 0 Å². The quantitative estimate of drug-likeness (QED) is 0.743. The molecule has 2 aromatic carbocycles. The summed E-state index contributed by atoms with van der Waals surface area (Å²) in [5.74, 6) is 1.48. The van der Waals surface area contributed by atoms with E-state index < -0.39 is 0 Å². The monoisotopic (exact) mass is 392 g/mol. The number of rotatable bonds is 5. The van der Waals surface area contributed by atoms with Crippen LogP contribution in [0.2, 0.25) is 10.0 Å². The van der Waals surface area contributed by atoms with Crippen molar-refractivity contribution >= 4 is 34.8 Å². The molecule has 4 nitrogen and oxygen atoms in total. The fraction of sp³-hybridized carbons (Fsp3) is 0.350. The Kier molecular flexibility index (Phi) is 5.47. The highest BCUT2D eigenvalue weighted by molar-refractivity contribution is 6.42. The maximum atomic E-state index is 12.1. The number of hydrogen-bond acceptors (Lipinski definition) is 3. The van der Waals surface area contributed by atoms with E-state index in [0.29, 0.717) is 28.0 Å². The van der Waals surface area contributed by atoms with Crippen molar-refractivity contribution in [2.24, 2.45) is 0 Å². The van der Waals surface area contributed by atoms with Gasteiger partial charge in [0, 0.05) is 35.8 Å². The minimum absolute atomic E-state index is 0.163. The zero-order valence-corrected chi connectivity index (χ0v) is 16.6. The van der Waals surface area contributed by atoms with E-state index in [4.69, 9.17) is 27.9 Å². The highest BCUT2D eigenvalue weighted by Gasteiger charge is 2.27. The van der Waals surface area contributed by atoms with E-state index in [1.165, 1.54) is 0 Å². The second-order valence-electron chi connectivity index (χ2n) is 6.88. The molecule has 3 rings (SSSR count). The van der Waals surface area contributed by atoms with Crippen molar-refractivity contribution in [3.8, 4) is 11.5 Å². The lowest BCUT2D eigenvalue weighted by Crippen LogP contribution is -2.34. The van der Waals surface area contributed by atoms with Crippen LogP contribution in [-0.2, 0) is 10.3 Å². The second kappa shape index (κ2) is 7.47. The highest BCUT2D eigenvalue weighted by atomic mass is 35.5. The second-order valence-corrected chi connectivity index (χ2v) is 7.70. The molecule has 0 saturated carbocycles. The summed E-state index contributed by atoms with van der Waals surface area (Å²) in [5.41, 5.74) is 1.51. The number of nitrogens with zero attached hydrogens (tertiary/aromatic N) is 1. The van der Waals surface area contributed by atoms with Gasteiger partial charge in [-0.1, -0.05) is 23.2 Å². The third-order valence-electron chi connectivity index (χ3n) is 4.77. The number of amides is 1. The van der Waals surface area contributed by atoms with E-state index >= 15 is 0 Å². The topological polar surface area (TPSA) is 41.6 Å². The van der Waals surface area contributed by atoms with Gasteiger partial charge in [0.2, 0.25) is 5.91 Å². The van der Waals surface area contributed by atoms with Crippen LogP contribution in [0, 0.1) is 0 Å². The lowest BCUT2D eigenvalue weighted by molar-refractivity contribution is -0.117. The number of benzene rings is 2. The maximum Gasteiger partial charge on any atom is 0.227 e. The lowest BCUT2D eigenvalue weighted by Gasteiger charge is -2.29. The van der Waals surface area contributed by atoms with Crippen molar-refractivity contribution in [2.75, 3.05) is 18.5 Å². The summed E-state index contributed by atoms with van der Waals surface area (Å²) < 4.78 is 6.09. The third kappa shape index (κ3) is 3.83. The predicted molar refractivity (Wildman–Crippen MR) is 107 cm³/mol. The molecule has 1 amide bonds. The molecule has 1 N–H and O–H groups in total. The van der Waals surface area contributed by atoms with Crippen LogP contribution < -0.4 is 15.0 Å². The molecule has 1 saturated heterocycles. The molecule has 0 bridgehead atoms. The summed E-state index contributed by atoms with van der Waals surface area (Å²) in [5, 5.41) is 4.23. The van der Waals surface area contributed by atoms with Crippen LogP contribution in [-0.4, -0.2) is 19.5 Å². The van der Waals surface area contributed by atoms with Gasteiger partial charge in [0.1, 0.15) is 11.5 Å². The van der Waals surface area contributed by atoms with E-state index in [-0.39, 0.29) is 11.4 Å². The number of anilines is 1. The molecule has 0 aliphatic carbocycles. The Bertz CT molecular complexity index is 837. The van der Waals surface area contributed by atoms with Crippen molar-refractivity contribution < 1.29 is 9.53 Å². The predicted octanol–water partition coefficient (Wildman–Crippen LogP) is 5.37. The first-order valence-corrected chi connectivity index (χ1v) is 9.34. The summed E-state index contributed by atoms with van der Waals surface area (Å²) in [4.78, 5) is 13.9. The molecular weight excluding hydrogens is 371 g/mol. The summed E-state index contributed by atoms with van der Waals surface area (Å²) in [6.07, 6.45) is 1.50. The van der Waals surface area contributed by atoms with Crippen LogP contribution in [0.1, 0.15) is 32.3 Å². The zero-order valence-electron chi connectivity index (χ0n) is 15.1. The van der Waals surface area contributed by atoms with Gasteiger partial charge in [-0.05, 0) is 57.6 Å². The van der Waals surface area contributed by atoms with Crippen LogP contribution in [0.25, 0.3) is 0 Å². The van der Waals surface area contributed by atoms with Crippen LogP contribution in [0.3, 0.4) is 0 Å². The fourth-order valence-corrected chi connectivity index (χ4v) is 3.27. The minimum atomic E-state index is -0.343. The number of hydrogen-bond donors (Lipinski definition) is 1. The van der Waals surface area contributed by atoms with E-state index in [0.717, 1.165) is 24.2 Å². The van der Waals surface area contributed by atoms with Gasteiger partial charge in [-0.15, -0.1) is 0 Å².